The third-order valence-corrected chi connectivity index (χ3v) is 4.90. The summed E-state index contributed by atoms with van der Waals surface area (Å²) in [6, 6.07) is 7.87. The lowest BCUT2D eigenvalue weighted by atomic mass is 9.92. The molecule has 1 saturated carbocycles. The van der Waals surface area contributed by atoms with Crippen LogP contribution in [-0.4, -0.2) is 36.4 Å². The first-order valence-corrected chi connectivity index (χ1v) is 8.87. The minimum absolute atomic E-state index is 0.0191. The Kier molecular flexibility index (Phi) is 5.07. The number of carbonyl (C=O) groups excluding carboxylic acids is 2. The van der Waals surface area contributed by atoms with E-state index >= 15 is 0 Å². The van der Waals surface area contributed by atoms with Crippen LogP contribution in [0.15, 0.2) is 24.3 Å². The highest BCUT2D eigenvalue weighted by Crippen LogP contribution is 2.39. The molecule has 2 atom stereocenters. The van der Waals surface area contributed by atoms with E-state index in [0.29, 0.717) is 19.0 Å². The van der Waals surface area contributed by atoms with Crippen molar-refractivity contribution in [3.63, 3.8) is 0 Å². The summed E-state index contributed by atoms with van der Waals surface area (Å²) in [5, 5.41) is 3.07. The van der Waals surface area contributed by atoms with Gasteiger partial charge < -0.3 is 15.0 Å². The highest BCUT2D eigenvalue weighted by Gasteiger charge is 2.45. The molecule has 2 aliphatic rings. The predicted molar refractivity (Wildman–Crippen MR) is 91.6 cm³/mol. The second kappa shape index (κ2) is 7.24. The summed E-state index contributed by atoms with van der Waals surface area (Å²) in [6.45, 7) is 2.82. The Balaban J connectivity index is 1.85. The fraction of sp³-hybridized carbons (Fsp3) is 0.579. The maximum absolute atomic E-state index is 12.7. The smallest absolute Gasteiger partial charge is 0.226 e. The number of hydrogen-bond acceptors (Lipinski definition) is 3. The van der Waals surface area contributed by atoms with E-state index in [4.69, 9.17) is 4.74 Å². The maximum atomic E-state index is 12.7. The SMILES string of the molecule is CCCCN1C(=O)C[C@H](C(=O)NC2CC2)[C@@H]1c1ccc(OC)cc1. The summed E-state index contributed by atoms with van der Waals surface area (Å²) in [5.74, 6) is 0.580. The van der Waals surface area contributed by atoms with Crippen LogP contribution in [0.3, 0.4) is 0 Å². The number of nitrogens with zero attached hydrogens (tertiary/aromatic N) is 1. The molecule has 1 aromatic rings. The van der Waals surface area contributed by atoms with Gasteiger partial charge in [0.05, 0.1) is 19.1 Å². The van der Waals surface area contributed by atoms with Gasteiger partial charge in [-0.2, -0.15) is 0 Å². The first-order chi connectivity index (χ1) is 11.6. The van der Waals surface area contributed by atoms with E-state index in [-0.39, 0.29) is 23.8 Å². The second-order valence-electron chi connectivity index (χ2n) is 6.75. The Morgan fingerprint density at radius 2 is 2.00 bits per heavy atom. The zero-order chi connectivity index (χ0) is 17.1. The van der Waals surface area contributed by atoms with Gasteiger partial charge in [0, 0.05) is 19.0 Å². The molecule has 0 radical (unpaired) electrons. The van der Waals surface area contributed by atoms with Crippen molar-refractivity contribution in [1.29, 1.82) is 0 Å². The lowest BCUT2D eigenvalue weighted by Gasteiger charge is -2.28. The van der Waals surface area contributed by atoms with E-state index in [2.05, 4.69) is 12.2 Å². The normalized spacial score (nSPS) is 23.4. The molecule has 0 aromatic heterocycles. The van der Waals surface area contributed by atoms with Gasteiger partial charge in [-0.3, -0.25) is 9.59 Å². The second-order valence-corrected chi connectivity index (χ2v) is 6.75. The van der Waals surface area contributed by atoms with Crippen LogP contribution in [0.1, 0.15) is 50.6 Å². The van der Waals surface area contributed by atoms with Crippen LogP contribution in [0.4, 0.5) is 0 Å². The van der Waals surface area contributed by atoms with Crippen LogP contribution < -0.4 is 10.1 Å². The summed E-state index contributed by atoms with van der Waals surface area (Å²) < 4.78 is 5.22. The van der Waals surface area contributed by atoms with Crippen molar-refractivity contribution in [2.45, 2.75) is 51.1 Å². The Hall–Kier alpha value is -2.04. The Labute approximate surface area is 143 Å². The number of hydrogen-bond donors (Lipinski definition) is 1. The Bertz CT molecular complexity index is 595. The lowest BCUT2D eigenvalue weighted by molar-refractivity contribution is -0.129. The Morgan fingerprint density at radius 3 is 2.58 bits per heavy atom. The summed E-state index contributed by atoms with van der Waals surface area (Å²) in [7, 11) is 1.63. The van der Waals surface area contributed by atoms with Crippen molar-refractivity contribution in [3.8, 4) is 5.75 Å². The zero-order valence-electron chi connectivity index (χ0n) is 14.5. The fourth-order valence-corrected chi connectivity index (χ4v) is 3.37. The van der Waals surface area contributed by atoms with Crippen LogP contribution in [0.5, 0.6) is 5.75 Å². The van der Waals surface area contributed by atoms with Gasteiger partial charge in [-0.15, -0.1) is 0 Å². The minimum atomic E-state index is -0.302. The molecule has 1 N–H and O–H groups in total. The molecule has 5 nitrogen and oxygen atoms in total. The monoisotopic (exact) mass is 330 g/mol. The largest absolute Gasteiger partial charge is 0.497 e. The molecule has 0 unspecified atom stereocenters. The molecule has 1 saturated heterocycles. The molecule has 5 heteroatoms. The van der Waals surface area contributed by atoms with Gasteiger partial charge >= 0.3 is 0 Å². The van der Waals surface area contributed by atoms with E-state index in [0.717, 1.165) is 37.0 Å². The number of unbranched alkanes of at least 4 members (excludes halogenated alkanes) is 1. The van der Waals surface area contributed by atoms with Gasteiger partial charge in [0.25, 0.3) is 0 Å². The molecule has 1 heterocycles. The molecule has 2 amide bonds. The van der Waals surface area contributed by atoms with Gasteiger partial charge in [0.1, 0.15) is 5.75 Å². The standard InChI is InChI=1S/C19H26N2O3/c1-3-4-11-21-17(22)12-16(19(23)20-14-7-8-14)18(21)13-5-9-15(24-2)10-6-13/h5-6,9-10,14,16,18H,3-4,7-8,11-12H2,1-2H3,(H,20,23)/t16-,18-/m0/s1. The summed E-state index contributed by atoms with van der Waals surface area (Å²) in [5.41, 5.74) is 1.01. The molecule has 2 fully saturated rings. The summed E-state index contributed by atoms with van der Waals surface area (Å²) in [6.07, 6.45) is 4.39. The number of benzene rings is 1. The highest BCUT2D eigenvalue weighted by atomic mass is 16.5. The number of likely N-dealkylation sites (tertiary alicyclic amines) is 1. The number of nitrogens with one attached hydrogen (secondary N) is 1. The van der Waals surface area contributed by atoms with E-state index in [9.17, 15) is 9.59 Å². The van der Waals surface area contributed by atoms with Gasteiger partial charge in [0.2, 0.25) is 11.8 Å². The predicted octanol–water partition coefficient (Wildman–Crippen LogP) is 2.66. The zero-order valence-corrected chi connectivity index (χ0v) is 14.5. The van der Waals surface area contributed by atoms with Gasteiger partial charge in [-0.05, 0) is 37.0 Å². The third kappa shape index (κ3) is 3.55. The van der Waals surface area contributed by atoms with E-state index in [1.54, 1.807) is 7.11 Å². The van der Waals surface area contributed by atoms with E-state index in [1.165, 1.54) is 0 Å². The topological polar surface area (TPSA) is 58.6 Å². The van der Waals surface area contributed by atoms with Crippen LogP contribution in [0.25, 0.3) is 0 Å². The minimum Gasteiger partial charge on any atom is -0.497 e. The van der Waals surface area contributed by atoms with Crippen molar-refractivity contribution in [2.75, 3.05) is 13.7 Å². The quantitative estimate of drug-likeness (QED) is 0.836. The molecule has 1 aromatic carbocycles. The van der Waals surface area contributed by atoms with Gasteiger partial charge in [0.15, 0.2) is 0 Å². The van der Waals surface area contributed by atoms with Crippen molar-refractivity contribution in [2.24, 2.45) is 5.92 Å². The highest BCUT2D eigenvalue weighted by molar-refractivity contribution is 5.90. The molecule has 0 bridgehead atoms. The van der Waals surface area contributed by atoms with Crippen molar-refractivity contribution in [1.82, 2.24) is 10.2 Å². The van der Waals surface area contributed by atoms with Crippen LogP contribution in [0, 0.1) is 5.92 Å². The number of carbonyl (C=O) groups is 2. The number of rotatable bonds is 7. The molecule has 24 heavy (non-hydrogen) atoms. The van der Waals surface area contributed by atoms with Crippen LogP contribution in [-0.2, 0) is 9.59 Å². The Morgan fingerprint density at radius 1 is 1.29 bits per heavy atom. The summed E-state index contributed by atoms with van der Waals surface area (Å²) in [4.78, 5) is 27.1. The van der Waals surface area contributed by atoms with Gasteiger partial charge in [-0.25, -0.2) is 0 Å². The average Bonchev–Trinajstić information content (AvgIpc) is 3.34. The van der Waals surface area contributed by atoms with Crippen molar-refractivity contribution >= 4 is 11.8 Å². The molecule has 130 valence electrons. The average molecular weight is 330 g/mol. The molecule has 0 spiro atoms. The summed E-state index contributed by atoms with van der Waals surface area (Å²) >= 11 is 0. The third-order valence-electron chi connectivity index (χ3n) is 4.90. The first-order valence-electron chi connectivity index (χ1n) is 8.87. The van der Waals surface area contributed by atoms with Crippen molar-refractivity contribution < 1.29 is 14.3 Å². The molecular weight excluding hydrogens is 304 g/mol. The van der Waals surface area contributed by atoms with Crippen LogP contribution >= 0.6 is 0 Å². The molecule has 1 aliphatic heterocycles. The molecule has 1 aliphatic carbocycles. The molecular formula is C19H26N2O3. The molecule has 3 rings (SSSR count). The first kappa shape index (κ1) is 16.8. The fourth-order valence-electron chi connectivity index (χ4n) is 3.37. The van der Waals surface area contributed by atoms with E-state index in [1.807, 2.05) is 29.2 Å². The lowest BCUT2D eigenvalue weighted by Crippen LogP contribution is -2.36. The van der Waals surface area contributed by atoms with Crippen molar-refractivity contribution in [3.05, 3.63) is 29.8 Å². The number of amides is 2. The number of ether oxygens (including phenoxy) is 1. The van der Waals surface area contributed by atoms with Crippen LogP contribution in [0.2, 0.25) is 0 Å². The van der Waals surface area contributed by atoms with E-state index < -0.39 is 0 Å². The maximum Gasteiger partial charge on any atom is 0.226 e. The van der Waals surface area contributed by atoms with Gasteiger partial charge in [-0.1, -0.05) is 25.5 Å². The number of methoxy groups -OCH3 is 1.